The van der Waals surface area contributed by atoms with Crippen molar-refractivity contribution in [2.24, 2.45) is 0 Å². The SMILES string of the molecule is CS(=O)(=O)NCCC(=O)N1CCc2onc(-c3ccccc3F)c2C1. The Balaban J connectivity index is 1.74. The van der Waals surface area contributed by atoms with Gasteiger partial charge in [-0.3, -0.25) is 4.79 Å². The number of amides is 1. The number of fused-ring (bicyclic) bond motifs is 1. The van der Waals surface area contributed by atoms with Crippen molar-refractivity contribution in [2.75, 3.05) is 19.3 Å². The number of halogens is 1. The average Bonchev–Trinajstić information content (AvgIpc) is 2.97. The minimum atomic E-state index is -3.33. The molecule has 1 amide bonds. The highest BCUT2D eigenvalue weighted by molar-refractivity contribution is 7.88. The Morgan fingerprint density at radius 3 is 2.88 bits per heavy atom. The van der Waals surface area contributed by atoms with Crippen LogP contribution in [0.3, 0.4) is 0 Å². The second-order valence-corrected chi connectivity index (χ2v) is 7.73. The maximum absolute atomic E-state index is 14.0. The molecule has 0 bridgehead atoms. The van der Waals surface area contributed by atoms with Crippen LogP contribution in [0.15, 0.2) is 28.8 Å². The third kappa shape index (κ3) is 4.05. The Hall–Kier alpha value is -2.26. The lowest BCUT2D eigenvalue weighted by Gasteiger charge is -2.26. The van der Waals surface area contributed by atoms with E-state index in [1.165, 1.54) is 6.07 Å². The Bertz CT molecular complexity index is 895. The number of carbonyl (C=O) groups is 1. The predicted octanol–water partition coefficient (Wildman–Crippen LogP) is 1.30. The van der Waals surface area contributed by atoms with E-state index in [4.69, 9.17) is 4.52 Å². The summed E-state index contributed by atoms with van der Waals surface area (Å²) in [5, 5.41) is 3.97. The number of nitrogens with one attached hydrogen (secondary N) is 1. The van der Waals surface area contributed by atoms with Crippen LogP contribution in [-0.4, -0.2) is 43.7 Å². The largest absolute Gasteiger partial charge is 0.360 e. The molecule has 25 heavy (non-hydrogen) atoms. The van der Waals surface area contributed by atoms with Gasteiger partial charge in [0.25, 0.3) is 0 Å². The zero-order valence-corrected chi connectivity index (χ0v) is 14.5. The molecule has 7 nitrogen and oxygen atoms in total. The molecule has 1 N–H and O–H groups in total. The molecule has 0 aliphatic carbocycles. The Kier molecular flexibility index (Phi) is 4.87. The van der Waals surface area contributed by atoms with Crippen LogP contribution in [0, 0.1) is 5.82 Å². The van der Waals surface area contributed by atoms with Gasteiger partial charge in [0.15, 0.2) is 0 Å². The van der Waals surface area contributed by atoms with E-state index in [9.17, 15) is 17.6 Å². The molecule has 0 fully saturated rings. The smallest absolute Gasteiger partial charge is 0.224 e. The first kappa shape index (κ1) is 17.6. The number of hydrogen-bond acceptors (Lipinski definition) is 5. The summed E-state index contributed by atoms with van der Waals surface area (Å²) in [5.74, 6) is 0.0680. The number of nitrogens with zero attached hydrogens (tertiary/aromatic N) is 2. The molecule has 9 heteroatoms. The Morgan fingerprint density at radius 1 is 1.40 bits per heavy atom. The minimum absolute atomic E-state index is 0.0465. The molecule has 0 spiro atoms. The maximum atomic E-state index is 14.0. The Labute approximate surface area is 144 Å². The summed E-state index contributed by atoms with van der Waals surface area (Å²) in [5.41, 5.74) is 1.43. The molecule has 2 heterocycles. The summed E-state index contributed by atoms with van der Waals surface area (Å²) in [7, 11) is -3.33. The highest BCUT2D eigenvalue weighted by Gasteiger charge is 2.28. The Morgan fingerprint density at radius 2 is 2.16 bits per heavy atom. The molecular formula is C16H18FN3O4S. The predicted molar refractivity (Wildman–Crippen MR) is 88.5 cm³/mol. The van der Waals surface area contributed by atoms with Crippen LogP contribution in [0.4, 0.5) is 4.39 Å². The van der Waals surface area contributed by atoms with E-state index in [1.807, 2.05) is 0 Å². The first-order chi connectivity index (χ1) is 11.8. The van der Waals surface area contributed by atoms with E-state index in [2.05, 4.69) is 9.88 Å². The number of sulfonamides is 1. The van der Waals surface area contributed by atoms with Gasteiger partial charge < -0.3 is 9.42 Å². The zero-order valence-electron chi connectivity index (χ0n) is 13.7. The third-order valence-corrected chi connectivity index (χ3v) is 4.74. The summed E-state index contributed by atoms with van der Waals surface area (Å²) in [6.45, 7) is 0.766. The highest BCUT2D eigenvalue weighted by atomic mass is 32.2. The van der Waals surface area contributed by atoms with E-state index >= 15 is 0 Å². The molecule has 1 aliphatic heterocycles. The second kappa shape index (κ2) is 6.93. The first-order valence-electron chi connectivity index (χ1n) is 7.80. The van der Waals surface area contributed by atoms with Gasteiger partial charge >= 0.3 is 0 Å². The summed E-state index contributed by atoms with van der Waals surface area (Å²) in [6.07, 6.45) is 1.59. The molecule has 0 saturated carbocycles. The van der Waals surface area contributed by atoms with Gasteiger partial charge in [-0.25, -0.2) is 17.5 Å². The summed E-state index contributed by atoms with van der Waals surface area (Å²) in [4.78, 5) is 13.9. The average molecular weight is 367 g/mol. The lowest BCUT2D eigenvalue weighted by atomic mass is 10.0. The fourth-order valence-corrected chi connectivity index (χ4v) is 3.26. The van der Waals surface area contributed by atoms with Gasteiger partial charge in [-0.15, -0.1) is 0 Å². The highest BCUT2D eigenvalue weighted by Crippen LogP contribution is 2.31. The van der Waals surface area contributed by atoms with Crippen LogP contribution < -0.4 is 4.72 Å². The van der Waals surface area contributed by atoms with Crippen molar-refractivity contribution in [1.29, 1.82) is 0 Å². The van der Waals surface area contributed by atoms with E-state index in [-0.39, 0.29) is 25.4 Å². The first-order valence-corrected chi connectivity index (χ1v) is 9.69. The van der Waals surface area contributed by atoms with E-state index in [1.54, 1.807) is 23.1 Å². The fraction of sp³-hybridized carbons (Fsp3) is 0.375. The summed E-state index contributed by atoms with van der Waals surface area (Å²) < 4.78 is 43.7. The van der Waals surface area contributed by atoms with Crippen molar-refractivity contribution in [3.05, 3.63) is 41.4 Å². The van der Waals surface area contributed by atoms with Crippen LogP contribution in [0.5, 0.6) is 0 Å². The maximum Gasteiger partial charge on any atom is 0.224 e. The van der Waals surface area contributed by atoms with Gasteiger partial charge in [-0.05, 0) is 12.1 Å². The topological polar surface area (TPSA) is 92.5 Å². The van der Waals surface area contributed by atoms with Crippen LogP contribution in [-0.2, 0) is 27.8 Å². The molecule has 0 radical (unpaired) electrons. The van der Waals surface area contributed by atoms with Crippen molar-refractivity contribution in [3.8, 4) is 11.3 Å². The number of benzene rings is 1. The summed E-state index contributed by atoms with van der Waals surface area (Å²) >= 11 is 0. The van der Waals surface area contributed by atoms with Gasteiger partial charge in [0.1, 0.15) is 17.3 Å². The minimum Gasteiger partial charge on any atom is -0.360 e. The molecule has 1 aromatic heterocycles. The van der Waals surface area contributed by atoms with Crippen molar-refractivity contribution >= 4 is 15.9 Å². The van der Waals surface area contributed by atoms with Crippen molar-refractivity contribution in [1.82, 2.24) is 14.8 Å². The molecule has 1 aliphatic rings. The number of rotatable bonds is 5. The lowest BCUT2D eigenvalue weighted by molar-refractivity contribution is -0.132. The normalized spacial score (nSPS) is 14.4. The molecule has 0 unspecified atom stereocenters. The molecule has 3 rings (SSSR count). The number of carbonyl (C=O) groups excluding carboxylic acids is 1. The molecular weight excluding hydrogens is 349 g/mol. The van der Waals surface area contributed by atoms with Crippen molar-refractivity contribution in [3.63, 3.8) is 0 Å². The fourth-order valence-electron chi connectivity index (χ4n) is 2.79. The molecule has 1 aromatic carbocycles. The van der Waals surface area contributed by atoms with Gasteiger partial charge in [0, 0.05) is 37.1 Å². The van der Waals surface area contributed by atoms with Crippen molar-refractivity contribution in [2.45, 2.75) is 19.4 Å². The van der Waals surface area contributed by atoms with Crippen LogP contribution in [0.25, 0.3) is 11.3 Å². The van der Waals surface area contributed by atoms with Gasteiger partial charge in [-0.1, -0.05) is 17.3 Å². The van der Waals surface area contributed by atoms with Crippen LogP contribution in [0.1, 0.15) is 17.7 Å². The molecule has 134 valence electrons. The standard InChI is InChI=1S/C16H18FN3O4S/c1-25(22,23)18-8-6-15(21)20-9-7-14-12(10-20)16(19-24-14)11-4-2-3-5-13(11)17/h2-5,18H,6-10H2,1H3. The second-order valence-electron chi connectivity index (χ2n) is 5.89. The lowest BCUT2D eigenvalue weighted by Crippen LogP contribution is -2.37. The van der Waals surface area contributed by atoms with Gasteiger partial charge in [-0.2, -0.15) is 0 Å². The van der Waals surface area contributed by atoms with Gasteiger partial charge in [0.2, 0.25) is 15.9 Å². The number of hydrogen-bond donors (Lipinski definition) is 1. The molecule has 0 saturated heterocycles. The van der Waals surface area contributed by atoms with Crippen LogP contribution in [0.2, 0.25) is 0 Å². The molecule has 0 atom stereocenters. The molecule has 2 aromatic rings. The van der Waals surface area contributed by atoms with E-state index < -0.39 is 15.8 Å². The van der Waals surface area contributed by atoms with Crippen LogP contribution >= 0.6 is 0 Å². The van der Waals surface area contributed by atoms with E-state index in [0.29, 0.717) is 35.5 Å². The quantitative estimate of drug-likeness (QED) is 0.860. The van der Waals surface area contributed by atoms with Gasteiger partial charge in [0.05, 0.1) is 12.8 Å². The van der Waals surface area contributed by atoms with E-state index in [0.717, 1.165) is 6.26 Å². The van der Waals surface area contributed by atoms with Crippen molar-refractivity contribution < 1.29 is 22.1 Å². The monoisotopic (exact) mass is 367 g/mol. The summed E-state index contributed by atoms with van der Waals surface area (Å²) in [6, 6.07) is 6.27. The number of aromatic nitrogens is 1. The zero-order chi connectivity index (χ0) is 18.0. The third-order valence-electron chi connectivity index (χ3n) is 4.01.